The quantitative estimate of drug-likeness (QED) is 0.508. The average Bonchev–Trinajstić information content (AvgIpc) is 2.73. The first kappa shape index (κ1) is 22.6. The second kappa shape index (κ2) is 8.74. The Kier molecular flexibility index (Phi) is 6.17. The predicted molar refractivity (Wildman–Crippen MR) is 123 cm³/mol. The van der Waals surface area contributed by atoms with Crippen molar-refractivity contribution in [3.8, 4) is 5.75 Å². The lowest BCUT2D eigenvalue weighted by Crippen LogP contribution is -2.75. The first-order valence-electron chi connectivity index (χ1n) is 11.0. The minimum atomic E-state index is -0.585. The van der Waals surface area contributed by atoms with Crippen molar-refractivity contribution < 1.29 is 18.7 Å². The van der Waals surface area contributed by atoms with Crippen LogP contribution >= 0.6 is 11.6 Å². The number of ketones is 1. The van der Waals surface area contributed by atoms with E-state index >= 15 is 0 Å². The molecule has 3 aliphatic rings. The Morgan fingerprint density at radius 1 is 1.12 bits per heavy atom. The van der Waals surface area contributed by atoms with Crippen LogP contribution in [-0.2, 0) is 4.79 Å². The Hall–Kier alpha value is -2.60. The normalized spacial score (nSPS) is 23.0. The van der Waals surface area contributed by atoms with Gasteiger partial charge in [-0.05, 0) is 62.8 Å². The largest absolute Gasteiger partial charge is 0.484 e. The average molecular weight is 459 g/mol. The molecule has 3 fully saturated rings. The van der Waals surface area contributed by atoms with Crippen LogP contribution in [0.4, 0.5) is 10.1 Å². The van der Waals surface area contributed by atoms with Crippen LogP contribution < -0.4 is 15.0 Å². The zero-order chi connectivity index (χ0) is 22.9. The minimum Gasteiger partial charge on any atom is -0.484 e. The summed E-state index contributed by atoms with van der Waals surface area (Å²) >= 11 is 5.65. The fourth-order valence-corrected chi connectivity index (χ4v) is 5.39. The number of ether oxygens (including phenoxy) is 1. The van der Waals surface area contributed by atoms with Gasteiger partial charge < -0.3 is 15.0 Å². The molecule has 1 amide bonds. The molecule has 0 atom stereocenters. The van der Waals surface area contributed by atoms with E-state index in [2.05, 4.69) is 24.1 Å². The molecular formula is C25H28ClFN2O3. The molecule has 2 bridgehead atoms. The zero-order valence-electron chi connectivity index (χ0n) is 18.4. The number of nitrogens with one attached hydrogen (secondary N) is 1. The monoisotopic (exact) mass is 458 g/mol. The molecule has 0 unspecified atom stereocenters. The highest BCUT2D eigenvalue weighted by atomic mass is 35.5. The molecule has 3 aliphatic carbocycles. The van der Waals surface area contributed by atoms with Crippen molar-refractivity contribution in [3.05, 3.63) is 58.9 Å². The fraction of sp³-hybridized carbons (Fsp3) is 0.440. The molecule has 1 N–H and O–H groups in total. The van der Waals surface area contributed by atoms with Gasteiger partial charge in [-0.1, -0.05) is 23.7 Å². The lowest BCUT2D eigenvalue weighted by molar-refractivity contribution is -0.164. The molecule has 2 aromatic carbocycles. The SMILES string of the molecule is CCN(CC)c1cccc(C(=O)CC23CC(NC(=O)COc4ccc(Cl)c(F)c4)(C2)C3)c1. The number of halogens is 2. The third-order valence-corrected chi connectivity index (χ3v) is 6.94. The number of Topliss-reactive ketones (excluding diaryl/α,β-unsaturated/α-hetero) is 1. The maximum Gasteiger partial charge on any atom is 0.258 e. The van der Waals surface area contributed by atoms with E-state index in [1.165, 1.54) is 12.1 Å². The number of anilines is 1. The highest BCUT2D eigenvalue weighted by Crippen LogP contribution is 2.69. The lowest BCUT2D eigenvalue weighted by Gasteiger charge is -2.70. The van der Waals surface area contributed by atoms with Gasteiger partial charge in [-0.2, -0.15) is 0 Å². The third-order valence-electron chi connectivity index (χ3n) is 6.64. The van der Waals surface area contributed by atoms with Gasteiger partial charge in [0.05, 0.1) is 5.02 Å². The Labute approximate surface area is 192 Å². The number of hydrogen-bond donors (Lipinski definition) is 1. The molecule has 0 heterocycles. The van der Waals surface area contributed by atoms with Gasteiger partial charge in [0, 0.05) is 42.4 Å². The Balaban J connectivity index is 1.26. The van der Waals surface area contributed by atoms with Crippen molar-refractivity contribution in [3.63, 3.8) is 0 Å². The van der Waals surface area contributed by atoms with Gasteiger partial charge >= 0.3 is 0 Å². The zero-order valence-corrected chi connectivity index (χ0v) is 19.2. The molecule has 3 saturated carbocycles. The van der Waals surface area contributed by atoms with Crippen molar-refractivity contribution in [2.75, 3.05) is 24.6 Å². The first-order chi connectivity index (χ1) is 15.3. The maximum absolute atomic E-state index is 13.5. The van der Waals surface area contributed by atoms with Crippen LogP contribution in [0.2, 0.25) is 5.02 Å². The lowest BCUT2D eigenvalue weighted by atomic mass is 9.38. The molecule has 0 radical (unpaired) electrons. The van der Waals surface area contributed by atoms with Gasteiger partial charge in [-0.3, -0.25) is 9.59 Å². The third kappa shape index (κ3) is 4.46. The molecule has 2 aromatic rings. The number of carbonyl (C=O) groups excluding carboxylic acids is 2. The fourth-order valence-electron chi connectivity index (χ4n) is 5.27. The first-order valence-corrected chi connectivity index (χ1v) is 11.4. The Bertz CT molecular complexity index is 1020. The van der Waals surface area contributed by atoms with Crippen molar-refractivity contribution >= 4 is 29.0 Å². The van der Waals surface area contributed by atoms with Gasteiger partial charge in [-0.25, -0.2) is 4.39 Å². The summed E-state index contributed by atoms with van der Waals surface area (Å²) in [6.07, 6.45) is 2.93. The molecule has 170 valence electrons. The summed E-state index contributed by atoms with van der Waals surface area (Å²) in [4.78, 5) is 27.4. The van der Waals surface area contributed by atoms with Gasteiger partial charge in [-0.15, -0.1) is 0 Å². The van der Waals surface area contributed by atoms with Gasteiger partial charge in [0.25, 0.3) is 5.91 Å². The Morgan fingerprint density at radius 3 is 2.50 bits per heavy atom. The van der Waals surface area contributed by atoms with Crippen LogP contribution in [-0.4, -0.2) is 36.9 Å². The summed E-state index contributed by atoms with van der Waals surface area (Å²) < 4.78 is 18.8. The van der Waals surface area contributed by atoms with Crippen molar-refractivity contribution in [2.45, 2.75) is 45.1 Å². The van der Waals surface area contributed by atoms with E-state index in [0.717, 1.165) is 49.7 Å². The molecule has 32 heavy (non-hydrogen) atoms. The van der Waals surface area contributed by atoms with E-state index in [-0.39, 0.29) is 40.0 Å². The van der Waals surface area contributed by atoms with Crippen LogP contribution in [0.25, 0.3) is 0 Å². The maximum atomic E-state index is 13.5. The molecule has 0 aliphatic heterocycles. The predicted octanol–water partition coefficient (Wildman–Crippen LogP) is 5.02. The Morgan fingerprint density at radius 2 is 1.84 bits per heavy atom. The summed E-state index contributed by atoms with van der Waals surface area (Å²) in [7, 11) is 0. The number of nitrogens with zero attached hydrogens (tertiary/aromatic N) is 1. The van der Waals surface area contributed by atoms with Crippen molar-refractivity contribution in [1.82, 2.24) is 5.32 Å². The second-order valence-electron chi connectivity index (χ2n) is 9.05. The van der Waals surface area contributed by atoms with Crippen LogP contribution in [0, 0.1) is 11.2 Å². The van der Waals surface area contributed by atoms with Crippen LogP contribution in [0.5, 0.6) is 5.75 Å². The van der Waals surface area contributed by atoms with Gasteiger partial charge in [0.2, 0.25) is 0 Å². The molecule has 0 aromatic heterocycles. The second-order valence-corrected chi connectivity index (χ2v) is 9.45. The van der Waals surface area contributed by atoms with Crippen molar-refractivity contribution in [1.29, 1.82) is 0 Å². The van der Waals surface area contributed by atoms with E-state index in [1.54, 1.807) is 0 Å². The number of carbonyl (C=O) groups is 2. The number of rotatable bonds is 10. The van der Waals surface area contributed by atoms with Crippen LogP contribution in [0.3, 0.4) is 0 Å². The molecule has 0 spiro atoms. The molecular weight excluding hydrogens is 431 g/mol. The van der Waals surface area contributed by atoms with Crippen LogP contribution in [0.15, 0.2) is 42.5 Å². The van der Waals surface area contributed by atoms with E-state index in [4.69, 9.17) is 16.3 Å². The van der Waals surface area contributed by atoms with E-state index in [0.29, 0.717) is 6.42 Å². The summed E-state index contributed by atoms with van der Waals surface area (Å²) in [5.41, 5.74) is 1.59. The number of benzene rings is 2. The van der Waals surface area contributed by atoms with E-state index in [9.17, 15) is 14.0 Å². The highest BCUT2D eigenvalue weighted by molar-refractivity contribution is 6.30. The smallest absolute Gasteiger partial charge is 0.258 e. The number of hydrogen-bond acceptors (Lipinski definition) is 4. The van der Waals surface area contributed by atoms with Gasteiger partial charge in [0.15, 0.2) is 12.4 Å². The highest BCUT2D eigenvalue weighted by Gasteiger charge is 2.68. The molecule has 7 heteroatoms. The molecule has 5 rings (SSSR count). The van der Waals surface area contributed by atoms with Crippen LogP contribution in [0.1, 0.15) is 49.9 Å². The van der Waals surface area contributed by atoms with E-state index in [1.807, 2.05) is 24.3 Å². The summed E-state index contributed by atoms with van der Waals surface area (Å²) in [5, 5.41) is 3.04. The minimum absolute atomic E-state index is 0.00423. The topological polar surface area (TPSA) is 58.6 Å². The van der Waals surface area contributed by atoms with Crippen molar-refractivity contribution in [2.24, 2.45) is 5.41 Å². The standard InChI is InChI=1S/C25H28ClFN2O3/c1-3-29(4-2)18-7-5-6-17(10-18)22(30)12-24-14-25(15-24,16-24)28-23(31)13-32-19-8-9-20(26)21(27)11-19/h5-11H,3-4,12-16H2,1-2H3,(H,28,31). The molecule has 0 saturated heterocycles. The van der Waals surface area contributed by atoms with Gasteiger partial charge in [0.1, 0.15) is 11.6 Å². The van der Waals surface area contributed by atoms with E-state index < -0.39 is 5.82 Å². The molecule has 5 nitrogen and oxygen atoms in total. The summed E-state index contributed by atoms with van der Waals surface area (Å²) in [5.74, 6) is -0.412. The summed E-state index contributed by atoms with van der Waals surface area (Å²) in [6.45, 7) is 5.82. The summed E-state index contributed by atoms with van der Waals surface area (Å²) in [6, 6.07) is 11.9. The number of amides is 1.